The normalized spacial score (nSPS) is 22.1. The molecule has 1 saturated carbocycles. The van der Waals surface area contributed by atoms with E-state index in [1.54, 1.807) is 0 Å². The standard InChI is InChI=1S/C5H12O7P2.CH4/c6-13(7,8)12-14(9,10)11-5-3-1-2-4-5;/h5H,1-4H2,(H,9,10)(H2,6,7,8);1H4. The maximum Gasteiger partial charge on any atom is 0.481 e. The topological polar surface area (TPSA) is 113 Å². The molecular formula is C6H16O7P2. The van der Waals surface area contributed by atoms with Gasteiger partial charge in [-0.15, -0.1) is 0 Å². The molecule has 0 radical (unpaired) electrons. The highest BCUT2D eigenvalue weighted by molar-refractivity contribution is 7.60. The third-order valence-electron chi connectivity index (χ3n) is 1.79. The molecule has 0 bridgehead atoms. The molecule has 0 aromatic heterocycles. The molecule has 1 unspecified atom stereocenters. The fourth-order valence-corrected chi connectivity index (χ4v) is 3.15. The van der Waals surface area contributed by atoms with Crippen molar-refractivity contribution in [1.82, 2.24) is 0 Å². The number of hydrogen-bond acceptors (Lipinski definition) is 4. The smallest absolute Gasteiger partial charge is 0.302 e. The second kappa shape index (κ2) is 5.55. The van der Waals surface area contributed by atoms with Gasteiger partial charge in [-0.3, -0.25) is 4.52 Å². The Balaban J connectivity index is 0.00000196. The van der Waals surface area contributed by atoms with E-state index in [-0.39, 0.29) is 7.43 Å². The van der Waals surface area contributed by atoms with Crippen LogP contribution in [0.2, 0.25) is 0 Å². The van der Waals surface area contributed by atoms with Crippen molar-refractivity contribution in [1.29, 1.82) is 0 Å². The minimum atomic E-state index is -4.98. The fourth-order valence-electron chi connectivity index (χ4n) is 1.34. The highest BCUT2D eigenvalue weighted by Gasteiger charge is 2.35. The number of phosphoric acid groups is 2. The van der Waals surface area contributed by atoms with Crippen molar-refractivity contribution in [3.63, 3.8) is 0 Å². The quantitative estimate of drug-likeness (QED) is 0.662. The summed E-state index contributed by atoms with van der Waals surface area (Å²) in [4.78, 5) is 25.5. The van der Waals surface area contributed by atoms with Gasteiger partial charge < -0.3 is 14.7 Å². The predicted molar refractivity (Wildman–Crippen MR) is 53.0 cm³/mol. The Labute approximate surface area is 88.3 Å². The van der Waals surface area contributed by atoms with Gasteiger partial charge in [0.2, 0.25) is 0 Å². The Bertz CT molecular complexity index is 279. The average Bonchev–Trinajstić information content (AvgIpc) is 2.31. The van der Waals surface area contributed by atoms with Crippen LogP contribution in [0.1, 0.15) is 33.1 Å². The van der Waals surface area contributed by atoms with Crippen LogP contribution in [0.3, 0.4) is 0 Å². The molecule has 0 amide bonds. The molecule has 1 atom stereocenters. The van der Waals surface area contributed by atoms with E-state index in [1.165, 1.54) is 0 Å². The van der Waals surface area contributed by atoms with Gasteiger partial charge in [0.25, 0.3) is 0 Å². The second-order valence-corrected chi connectivity index (χ2v) is 5.83. The van der Waals surface area contributed by atoms with Crippen LogP contribution in [0, 0.1) is 0 Å². The van der Waals surface area contributed by atoms with E-state index in [4.69, 9.17) is 14.7 Å². The van der Waals surface area contributed by atoms with Crippen molar-refractivity contribution in [2.24, 2.45) is 0 Å². The van der Waals surface area contributed by atoms with Gasteiger partial charge in [0.05, 0.1) is 6.10 Å². The highest BCUT2D eigenvalue weighted by atomic mass is 31.3. The van der Waals surface area contributed by atoms with Crippen molar-refractivity contribution < 1.29 is 32.6 Å². The van der Waals surface area contributed by atoms with Crippen LogP contribution in [-0.2, 0) is 18.0 Å². The van der Waals surface area contributed by atoms with E-state index in [9.17, 15) is 9.13 Å². The first-order valence-corrected chi connectivity index (χ1v) is 7.09. The van der Waals surface area contributed by atoms with Crippen molar-refractivity contribution in [2.45, 2.75) is 39.2 Å². The van der Waals surface area contributed by atoms with Crippen LogP contribution in [0.5, 0.6) is 0 Å². The summed E-state index contributed by atoms with van der Waals surface area (Å²) in [5, 5.41) is 0. The first kappa shape index (κ1) is 15.3. The highest BCUT2D eigenvalue weighted by Crippen LogP contribution is 2.58. The second-order valence-electron chi connectivity index (χ2n) is 3.05. The van der Waals surface area contributed by atoms with Gasteiger partial charge in [-0.1, -0.05) is 20.3 Å². The van der Waals surface area contributed by atoms with Crippen LogP contribution >= 0.6 is 15.6 Å². The summed E-state index contributed by atoms with van der Waals surface area (Å²) < 4.78 is 29.5. The van der Waals surface area contributed by atoms with Crippen molar-refractivity contribution in [3.05, 3.63) is 0 Å². The van der Waals surface area contributed by atoms with Crippen molar-refractivity contribution >= 4 is 15.6 Å². The van der Waals surface area contributed by atoms with Gasteiger partial charge in [-0.2, -0.15) is 4.31 Å². The van der Waals surface area contributed by atoms with Crippen molar-refractivity contribution in [2.75, 3.05) is 0 Å². The monoisotopic (exact) mass is 262 g/mol. The first-order chi connectivity index (χ1) is 6.29. The molecule has 9 heteroatoms. The fraction of sp³-hybridized carbons (Fsp3) is 1.00. The number of hydrogen-bond donors (Lipinski definition) is 3. The number of phosphoric ester groups is 1. The first-order valence-electron chi connectivity index (χ1n) is 4.07. The molecule has 1 aliphatic rings. The van der Waals surface area contributed by atoms with Gasteiger partial charge in [-0.25, -0.2) is 9.13 Å². The Morgan fingerprint density at radius 3 is 1.93 bits per heavy atom. The summed E-state index contributed by atoms with van der Waals surface area (Å²) in [6.45, 7) is 0. The lowest BCUT2D eigenvalue weighted by molar-refractivity contribution is 0.130. The molecule has 0 aromatic carbocycles. The van der Waals surface area contributed by atoms with Crippen LogP contribution in [0.25, 0.3) is 0 Å². The molecule has 1 rings (SSSR count). The third-order valence-corrected chi connectivity index (χ3v) is 4.03. The van der Waals surface area contributed by atoms with E-state index >= 15 is 0 Å². The lowest BCUT2D eigenvalue weighted by atomic mass is 10.3. The summed E-state index contributed by atoms with van der Waals surface area (Å²) in [5.41, 5.74) is 0. The molecule has 0 saturated heterocycles. The minimum Gasteiger partial charge on any atom is -0.302 e. The summed E-state index contributed by atoms with van der Waals surface area (Å²) in [5.74, 6) is 0. The molecule has 1 fully saturated rings. The number of rotatable bonds is 4. The molecular weight excluding hydrogens is 246 g/mol. The van der Waals surface area contributed by atoms with E-state index in [2.05, 4.69) is 8.83 Å². The molecule has 1 aliphatic carbocycles. The maximum atomic E-state index is 11.0. The van der Waals surface area contributed by atoms with E-state index in [0.29, 0.717) is 12.8 Å². The van der Waals surface area contributed by atoms with Gasteiger partial charge in [0.15, 0.2) is 0 Å². The zero-order chi connectivity index (χ0) is 10.8. The summed E-state index contributed by atoms with van der Waals surface area (Å²) in [7, 11) is -9.61. The van der Waals surface area contributed by atoms with E-state index in [0.717, 1.165) is 12.8 Å². The molecule has 0 heterocycles. The van der Waals surface area contributed by atoms with Gasteiger partial charge in [0, 0.05) is 0 Å². The summed E-state index contributed by atoms with van der Waals surface area (Å²) >= 11 is 0. The Hall–Kier alpha value is 0.260. The van der Waals surface area contributed by atoms with Crippen LogP contribution < -0.4 is 0 Å². The molecule has 0 aliphatic heterocycles. The zero-order valence-electron chi connectivity index (χ0n) is 7.27. The zero-order valence-corrected chi connectivity index (χ0v) is 9.06. The SMILES string of the molecule is C.O=P(O)(O)OP(=O)(O)OC1CCCC1. The maximum absolute atomic E-state index is 11.0. The lowest BCUT2D eigenvalue weighted by Crippen LogP contribution is -2.06. The van der Waals surface area contributed by atoms with Crippen molar-refractivity contribution in [3.8, 4) is 0 Å². The summed E-state index contributed by atoms with van der Waals surface area (Å²) in [6.07, 6.45) is 2.52. The summed E-state index contributed by atoms with van der Waals surface area (Å²) in [6, 6.07) is 0. The molecule has 7 nitrogen and oxygen atoms in total. The van der Waals surface area contributed by atoms with Gasteiger partial charge in [0.1, 0.15) is 0 Å². The Morgan fingerprint density at radius 1 is 1.07 bits per heavy atom. The average molecular weight is 262 g/mol. The molecule has 0 spiro atoms. The van der Waals surface area contributed by atoms with Gasteiger partial charge in [-0.05, 0) is 12.8 Å². The van der Waals surface area contributed by atoms with E-state index < -0.39 is 21.7 Å². The van der Waals surface area contributed by atoms with Gasteiger partial charge >= 0.3 is 15.6 Å². The minimum absolute atomic E-state index is 0. The largest absolute Gasteiger partial charge is 0.481 e. The molecule has 3 N–H and O–H groups in total. The van der Waals surface area contributed by atoms with Crippen LogP contribution in [-0.4, -0.2) is 20.8 Å². The third kappa shape index (κ3) is 6.43. The van der Waals surface area contributed by atoms with Crippen LogP contribution in [0.15, 0.2) is 0 Å². The molecule has 0 aromatic rings. The molecule has 92 valence electrons. The van der Waals surface area contributed by atoms with E-state index in [1.807, 2.05) is 0 Å². The Kier molecular flexibility index (Phi) is 5.64. The lowest BCUT2D eigenvalue weighted by Gasteiger charge is -2.16. The van der Waals surface area contributed by atoms with Crippen LogP contribution in [0.4, 0.5) is 0 Å². The molecule has 15 heavy (non-hydrogen) atoms. The predicted octanol–water partition coefficient (Wildman–Crippen LogP) is 1.79. The Morgan fingerprint density at radius 2 is 1.53 bits per heavy atom.